The summed E-state index contributed by atoms with van der Waals surface area (Å²) in [7, 11) is 1.96. The lowest BCUT2D eigenvalue weighted by molar-refractivity contribution is 0.102. The van der Waals surface area contributed by atoms with E-state index in [2.05, 4.69) is 17.4 Å². The van der Waals surface area contributed by atoms with E-state index in [0.29, 0.717) is 5.56 Å². The minimum absolute atomic E-state index is 0.0885. The molecule has 0 fully saturated rings. The highest BCUT2D eigenvalue weighted by molar-refractivity contribution is 8.00. The van der Waals surface area contributed by atoms with Gasteiger partial charge >= 0.3 is 0 Å². The van der Waals surface area contributed by atoms with Crippen LogP contribution in [0.4, 0.5) is 11.4 Å². The third-order valence-corrected chi connectivity index (χ3v) is 6.33. The zero-order valence-corrected chi connectivity index (χ0v) is 18.5. The highest BCUT2D eigenvalue weighted by Gasteiger charge is 2.13. The standard InChI is InChI=1S/C22H31N3OS2/c1-25(27-2)21-11-7-6-10-20(21)22(26)24-18-12-14-19(15-13-18)28-17-9-5-3-4-8-16-23/h6-7,10-15H,3-5,8-9,16-17,23H2,1-2H3,(H,24,26). The fraction of sp³-hybridized carbons (Fsp3) is 0.409. The number of carbonyl (C=O) groups excluding carboxylic acids is 1. The largest absolute Gasteiger partial charge is 0.330 e. The van der Waals surface area contributed by atoms with Crippen molar-refractivity contribution in [3.63, 3.8) is 0 Å². The van der Waals surface area contributed by atoms with Crippen molar-refractivity contribution in [1.82, 2.24) is 0 Å². The van der Waals surface area contributed by atoms with E-state index in [9.17, 15) is 4.79 Å². The zero-order chi connectivity index (χ0) is 20.2. The molecule has 152 valence electrons. The molecule has 0 aliphatic carbocycles. The van der Waals surface area contributed by atoms with Gasteiger partial charge in [-0.3, -0.25) is 4.79 Å². The Morgan fingerprint density at radius 2 is 1.68 bits per heavy atom. The van der Waals surface area contributed by atoms with Gasteiger partial charge in [-0.25, -0.2) is 0 Å². The third-order valence-electron chi connectivity index (χ3n) is 4.49. The molecule has 0 saturated heterocycles. The summed E-state index contributed by atoms with van der Waals surface area (Å²) >= 11 is 3.45. The summed E-state index contributed by atoms with van der Waals surface area (Å²) in [5, 5.41) is 3.01. The van der Waals surface area contributed by atoms with Crippen molar-refractivity contribution in [1.29, 1.82) is 0 Å². The molecule has 0 spiro atoms. The predicted octanol–water partition coefficient (Wildman–Crippen LogP) is 5.65. The number of anilines is 2. The molecule has 0 bridgehead atoms. The van der Waals surface area contributed by atoms with Crippen molar-refractivity contribution in [3.8, 4) is 0 Å². The van der Waals surface area contributed by atoms with E-state index in [1.165, 1.54) is 30.6 Å². The Balaban J connectivity index is 1.83. The number of unbranched alkanes of at least 4 members (excludes halogenated alkanes) is 4. The first-order chi connectivity index (χ1) is 13.7. The van der Waals surface area contributed by atoms with Crippen LogP contribution >= 0.6 is 23.7 Å². The minimum Gasteiger partial charge on any atom is -0.330 e. The second-order valence-corrected chi connectivity index (χ2v) is 8.66. The lowest BCUT2D eigenvalue weighted by Crippen LogP contribution is -2.17. The van der Waals surface area contributed by atoms with Crippen LogP contribution < -0.4 is 15.4 Å². The van der Waals surface area contributed by atoms with E-state index in [1.807, 2.05) is 65.8 Å². The third kappa shape index (κ3) is 7.41. The van der Waals surface area contributed by atoms with Gasteiger partial charge in [0.15, 0.2) is 0 Å². The van der Waals surface area contributed by atoms with Crippen molar-refractivity contribution >= 4 is 41.0 Å². The monoisotopic (exact) mass is 417 g/mol. The van der Waals surface area contributed by atoms with Crippen LogP contribution in [0, 0.1) is 0 Å². The molecule has 4 nitrogen and oxygen atoms in total. The molecular weight excluding hydrogens is 386 g/mol. The molecule has 0 heterocycles. The van der Waals surface area contributed by atoms with Crippen LogP contribution in [0.5, 0.6) is 0 Å². The Kier molecular flexibility index (Phi) is 10.3. The van der Waals surface area contributed by atoms with E-state index < -0.39 is 0 Å². The number of carbonyl (C=O) groups is 1. The number of nitrogens with one attached hydrogen (secondary N) is 1. The number of nitrogens with two attached hydrogens (primary N) is 1. The van der Waals surface area contributed by atoms with Crippen molar-refractivity contribution in [3.05, 3.63) is 54.1 Å². The van der Waals surface area contributed by atoms with E-state index in [4.69, 9.17) is 5.73 Å². The number of nitrogens with zero attached hydrogens (tertiary/aromatic N) is 1. The smallest absolute Gasteiger partial charge is 0.257 e. The van der Waals surface area contributed by atoms with Gasteiger partial charge in [-0.2, -0.15) is 0 Å². The normalized spacial score (nSPS) is 10.7. The fourth-order valence-electron chi connectivity index (χ4n) is 2.84. The molecule has 3 N–H and O–H groups in total. The maximum atomic E-state index is 12.7. The number of amides is 1. The van der Waals surface area contributed by atoms with Gasteiger partial charge in [-0.05, 0) is 61.5 Å². The van der Waals surface area contributed by atoms with Crippen molar-refractivity contribution in [2.24, 2.45) is 5.73 Å². The molecule has 0 unspecified atom stereocenters. The average molecular weight is 418 g/mol. The second kappa shape index (κ2) is 12.8. The van der Waals surface area contributed by atoms with Gasteiger partial charge in [0.05, 0.1) is 11.3 Å². The minimum atomic E-state index is -0.0885. The average Bonchev–Trinajstić information content (AvgIpc) is 2.73. The van der Waals surface area contributed by atoms with Crippen LogP contribution in [0.2, 0.25) is 0 Å². The van der Waals surface area contributed by atoms with Crippen LogP contribution in [-0.4, -0.2) is 31.5 Å². The Hall–Kier alpha value is -1.63. The number of hydrogen-bond donors (Lipinski definition) is 2. The van der Waals surface area contributed by atoms with Crippen LogP contribution in [0.3, 0.4) is 0 Å². The van der Waals surface area contributed by atoms with Crippen molar-refractivity contribution in [2.45, 2.75) is 37.0 Å². The van der Waals surface area contributed by atoms with E-state index >= 15 is 0 Å². The van der Waals surface area contributed by atoms with E-state index in [-0.39, 0.29) is 5.91 Å². The Labute approximate surface area is 177 Å². The van der Waals surface area contributed by atoms with Crippen molar-refractivity contribution < 1.29 is 4.79 Å². The first-order valence-electron chi connectivity index (χ1n) is 9.77. The number of thioether (sulfide) groups is 1. The summed E-state index contributed by atoms with van der Waals surface area (Å²) in [5.41, 5.74) is 7.91. The molecule has 2 rings (SSSR count). The van der Waals surface area contributed by atoms with Crippen LogP contribution in [0.1, 0.15) is 42.5 Å². The Bertz CT molecular complexity index is 722. The second-order valence-electron chi connectivity index (χ2n) is 6.58. The summed E-state index contributed by atoms with van der Waals surface area (Å²) in [6.45, 7) is 0.803. The number of para-hydroxylation sites is 1. The topological polar surface area (TPSA) is 58.4 Å². The fourth-order valence-corrected chi connectivity index (χ4v) is 4.11. The van der Waals surface area contributed by atoms with Crippen molar-refractivity contribution in [2.75, 3.05) is 35.2 Å². The molecule has 6 heteroatoms. The molecule has 0 aromatic heterocycles. The summed E-state index contributed by atoms with van der Waals surface area (Å²) < 4.78 is 1.99. The van der Waals surface area contributed by atoms with Gasteiger partial charge in [0.2, 0.25) is 0 Å². The van der Waals surface area contributed by atoms with Gasteiger partial charge < -0.3 is 15.4 Å². The van der Waals surface area contributed by atoms with E-state index in [0.717, 1.165) is 30.1 Å². The SMILES string of the molecule is CSN(C)c1ccccc1C(=O)Nc1ccc(SCCCCCCCN)cc1. The summed E-state index contributed by atoms with van der Waals surface area (Å²) in [6.07, 6.45) is 8.14. The zero-order valence-electron chi connectivity index (χ0n) is 16.8. The molecule has 2 aromatic carbocycles. The Morgan fingerprint density at radius 3 is 2.39 bits per heavy atom. The highest BCUT2D eigenvalue weighted by atomic mass is 32.2. The molecular formula is C22H31N3OS2. The summed E-state index contributed by atoms with van der Waals surface area (Å²) in [5.74, 6) is 1.04. The quantitative estimate of drug-likeness (QED) is 0.265. The lowest BCUT2D eigenvalue weighted by atomic mass is 10.1. The van der Waals surface area contributed by atoms with Crippen LogP contribution in [-0.2, 0) is 0 Å². The van der Waals surface area contributed by atoms with Crippen LogP contribution in [0.25, 0.3) is 0 Å². The molecule has 28 heavy (non-hydrogen) atoms. The molecule has 0 aliphatic rings. The van der Waals surface area contributed by atoms with Gasteiger partial charge in [0, 0.05) is 23.9 Å². The van der Waals surface area contributed by atoms with Gasteiger partial charge in [-0.1, -0.05) is 43.3 Å². The van der Waals surface area contributed by atoms with Gasteiger partial charge in [0.1, 0.15) is 0 Å². The lowest BCUT2D eigenvalue weighted by Gasteiger charge is -2.19. The first kappa shape index (κ1) is 22.7. The van der Waals surface area contributed by atoms with Gasteiger partial charge in [-0.15, -0.1) is 11.8 Å². The maximum Gasteiger partial charge on any atom is 0.257 e. The molecule has 2 aromatic rings. The predicted molar refractivity (Wildman–Crippen MR) is 126 cm³/mol. The number of benzene rings is 2. The Morgan fingerprint density at radius 1 is 1.00 bits per heavy atom. The number of hydrogen-bond acceptors (Lipinski definition) is 5. The molecule has 1 amide bonds. The highest BCUT2D eigenvalue weighted by Crippen LogP contribution is 2.26. The van der Waals surface area contributed by atoms with Crippen LogP contribution in [0.15, 0.2) is 53.4 Å². The molecule has 0 atom stereocenters. The number of rotatable bonds is 12. The van der Waals surface area contributed by atoms with E-state index in [1.54, 1.807) is 11.9 Å². The molecule has 0 aliphatic heterocycles. The first-order valence-corrected chi connectivity index (χ1v) is 11.9. The summed E-state index contributed by atoms with van der Waals surface area (Å²) in [6, 6.07) is 15.8. The summed E-state index contributed by atoms with van der Waals surface area (Å²) in [4.78, 5) is 13.9. The molecule has 0 saturated carbocycles. The maximum absolute atomic E-state index is 12.7. The van der Waals surface area contributed by atoms with Gasteiger partial charge in [0.25, 0.3) is 5.91 Å². The molecule has 0 radical (unpaired) electrons.